The lowest BCUT2D eigenvalue weighted by Gasteiger charge is -2.31. The number of nitriles is 1. The van der Waals surface area contributed by atoms with Crippen LogP contribution < -0.4 is 10.6 Å². The topological polar surface area (TPSA) is 64.9 Å². The van der Waals surface area contributed by atoms with Crippen LogP contribution in [-0.2, 0) is 11.2 Å². The maximum atomic E-state index is 14.0. The van der Waals surface area contributed by atoms with Crippen LogP contribution in [0, 0.1) is 23.1 Å². The molecule has 1 aliphatic rings. The summed E-state index contributed by atoms with van der Waals surface area (Å²) in [4.78, 5) is 13.2. The molecule has 0 unspecified atom stereocenters. The second-order valence-electron chi connectivity index (χ2n) is 9.20. The smallest absolute Gasteiger partial charge is 0.339 e. The van der Waals surface area contributed by atoms with Gasteiger partial charge in [0.25, 0.3) is 0 Å². The Labute approximate surface area is 203 Å². The van der Waals surface area contributed by atoms with Gasteiger partial charge in [0.15, 0.2) is 0 Å². The maximum Gasteiger partial charge on any atom is 0.407 e. The zero-order chi connectivity index (χ0) is 25.3. The Morgan fingerprint density at radius 3 is 2.29 bits per heavy atom. The molecule has 0 heterocycles. The van der Waals surface area contributed by atoms with Crippen molar-refractivity contribution in [1.29, 1.82) is 5.26 Å². The fraction of sp³-hybridized carbons (Fsp3) is 0.481. The van der Waals surface area contributed by atoms with Crippen molar-refractivity contribution in [1.82, 2.24) is 10.6 Å². The summed E-state index contributed by atoms with van der Waals surface area (Å²) < 4.78 is 55.3. The van der Waals surface area contributed by atoms with E-state index in [-0.39, 0.29) is 17.9 Å². The van der Waals surface area contributed by atoms with Gasteiger partial charge >= 0.3 is 6.18 Å². The van der Waals surface area contributed by atoms with Crippen molar-refractivity contribution in [3.05, 3.63) is 71.5 Å². The molecule has 35 heavy (non-hydrogen) atoms. The van der Waals surface area contributed by atoms with E-state index in [1.807, 2.05) is 30.3 Å². The van der Waals surface area contributed by atoms with Crippen LogP contribution in [0.2, 0.25) is 0 Å². The Bertz CT molecular complexity index is 967. The molecule has 188 valence electrons. The maximum absolute atomic E-state index is 14.0. The zero-order valence-corrected chi connectivity index (χ0v) is 19.5. The number of alkyl halides is 3. The molecule has 0 radical (unpaired) electrons. The summed E-state index contributed by atoms with van der Waals surface area (Å²) >= 11 is 0. The van der Waals surface area contributed by atoms with E-state index in [0.717, 1.165) is 61.9 Å². The van der Waals surface area contributed by atoms with Crippen molar-refractivity contribution >= 4 is 5.91 Å². The third-order valence-electron chi connectivity index (χ3n) is 6.55. The van der Waals surface area contributed by atoms with Crippen LogP contribution in [0.5, 0.6) is 0 Å². The number of hydrogen-bond acceptors (Lipinski definition) is 3. The standard InChI is InChI=1S/C27H31F4N3O/c28-22-14-12-21(13-15-22)25(27(29,30)31)34-24(17-20-9-5-2-6-10-20)26(35)33-23(18-32)16-11-19-7-3-1-4-8-19/h1,3-4,7-8,12-15,20,23-25,34H,2,5-6,9-11,16-17H2,(H,33,35)/t23-,24-,25-/m0/s1. The molecule has 8 heteroatoms. The number of nitrogens with one attached hydrogen (secondary N) is 2. The Kier molecular flexibility index (Phi) is 9.67. The molecule has 1 amide bonds. The lowest BCUT2D eigenvalue weighted by molar-refractivity contribution is -0.161. The normalized spacial score (nSPS) is 17.2. The lowest BCUT2D eigenvalue weighted by Crippen LogP contribution is -2.51. The van der Waals surface area contributed by atoms with E-state index in [0.29, 0.717) is 12.8 Å². The van der Waals surface area contributed by atoms with Crippen molar-refractivity contribution in [3.63, 3.8) is 0 Å². The molecule has 4 nitrogen and oxygen atoms in total. The van der Waals surface area contributed by atoms with E-state index in [2.05, 4.69) is 16.7 Å². The minimum absolute atomic E-state index is 0.124. The summed E-state index contributed by atoms with van der Waals surface area (Å²) in [6.45, 7) is 0. The number of carbonyl (C=O) groups excluding carboxylic acids is 1. The fourth-order valence-corrected chi connectivity index (χ4v) is 4.64. The average molecular weight is 490 g/mol. The summed E-state index contributed by atoms with van der Waals surface area (Å²) in [5, 5.41) is 14.7. The number of carbonyl (C=O) groups is 1. The number of amides is 1. The molecule has 2 aromatic carbocycles. The van der Waals surface area contributed by atoms with Gasteiger partial charge in [-0.05, 0) is 48.4 Å². The molecular weight excluding hydrogens is 458 g/mol. The van der Waals surface area contributed by atoms with E-state index >= 15 is 0 Å². The first-order valence-corrected chi connectivity index (χ1v) is 12.1. The third kappa shape index (κ3) is 8.36. The van der Waals surface area contributed by atoms with Crippen LogP contribution >= 0.6 is 0 Å². The molecule has 3 atom stereocenters. The van der Waals surface area contributed by atoms with Crippen molar-refractivity contribution in [2.45, 2.75) is 75.7 Å². The average Bonchev–Trinajstić information content (AvgIpc) is 2.85. The number of nitrogens with zero attached hydrogens (tertiary/aromatic N) is 1. The number of benzene rings is 2. The van der Waals surface area contributed by atoms with Crippen molar-refractivity contribution in [3.8, 4) is 6.07 Å². The highest BCUT2D eigenvalue weighted by atomic mass is 19.4. The lowest BCUT2D eigenvalue weighted by atomic mass is 9.84. The quantitative estimate of drug-likeness (QED) is 0.403. The molecule has 0 bridgehead atoms. The SMILES string of the molecule is N#C[C@H](CCc1ccccc1)NC(=O)[C@H](CC1CCCCC1)N[C@@H](c1ccc(F)cc1)C(F)(F)F. The highest BCUT2D eigenvalue weighted by molar-refractivity contribution is 5.82. The van der Waals surface area contributed by atoms with E-state index in [9.17, 15) is 27.6 Å². The highest BCUT2D eigenvalue weighted by Gasteiger charge is 2.43. The van der Waals surface area contributed by atoms with Crippen LogP contribution in [0.25, 0.3) is 0 Å². The zero-order valence-electron chi connectivity index (χ0n) is 19.5. The van der Waals surface area contributed by atoms with Crippen LogP contribution in [0.4, 0.5) is 17.6 Å². The van der Waals surface area contributed by atoms with Crippen LogP contribution in [0.1, 0.15) is 62.1 Å². The van der Waals surface area contributed by atoms with Gasteiger partial charge in [0.2, 0.25) is 5.91 Å². The van der Waals surface area contributed by atoms with E-state index in [1.54, 1.807) is 0 Å². The van der Waals surface area contributed by atoms with Crippen LogP contribution in [0.15, 0.2) is 54.6 Å². The van der Waals surface area contributed by atoms with Crippen molar-refractivity contribution in [2.75, 3.05) is 0 Å². The van der Waals surface area contributed by atoms with Gasteiger partial charge < -0.3 is 5.32 Å². The molecule has 2 N–H and O–H groups in total. The van der Waals surface area contributed by atoms with Crippen molar-refractivity contribution < 1.29 is 22.4 Å². The van der Waals surface area contributed by atoms with Gasteiger partial charge in [-0.15, -0.1) is 0 Å². The molecule has 0 saturated heterocycles. The highest BCUT2D eigenvalue weighted by Crippen LogP contribution is 2.35. The summed E-state index contributed by atoms with van der Waals surface area (Å²) in [6, 6.07) is 11.5. The Balaban J connectivity index is 1.75. The number of halogens is 4. The Morgan fingerprint density at radius 2 is 1.69 bits per heavy atom. The first-order valence-electron chi connectivity index (χ1n) is 12.1. The van der Waals surface area contributed by atoms with Gasteiger partial charge in [-0.1, -0.05) is 74.6 Å². The Hall–Kier alpha value is -2.92. The molecule has 2 aromatic rings. The van der Waals surface area contributed by atoms with Gasteiger partial charge in [-0.2, -0.15) is 18.4 Å². The van der Waals surface area contributed by atoms with Crippen molar-refractivity contribution in [2.24, 2.45) is 5.92 Å². The minimum atomic E-state index is -4.69. The minimum Gasteiger partial charge on any atom is -0.339 e. The second-order valence-corrected chi connectivity index (χ2v) is 9.20. The van der Waals surface area contributed by atoms with Gasteiger partial charge in [0, 0.05) is 0 Å². The third-order valence-corrected chi connectivity index (χ3v) is 6.55. The predicted octanol–water partition coefficient (Wildman–Crippen LogP) is 6.00. The van der Waals surface area contributed by atoms with Gasteiger partial charge in [-0.25, -0.2) is 4.39 Å². The van der Waals surface area contributed by atoms with Crippen LogP contribution in [0.3, 0.4) is 0 Å². The molecular formula is C27H31F4N3O. The largest absolute Gasteiger partial charge is 0.407 e. The molecule has 0 aromatic heterocycles. The van der Waals surface area contributed by atoms with Gasteiger partial charge in [0.1, 0.15) is 17.9 Å². The molecule has 3 rings (SSSR count). The predicted molar refractivity (Wildman–Crippen MR) is 126 cm³/mol. The number of rotatable bonds is 10. The first-order chi connectivity index (χ1) is 16.8. The fourth-order valence-electron chi connectivity index (χ4n) is 4.64. The van der Waals surface area contributed by atoms with Gasteiger partial charge in [0.05, 0.1) is 12.1 Å². The molecule has 0 spiro atoms. The first kappa shape index (κ1) is 26.7. The summed E-state index contributed by atoms with van der Waals surface area (Å²) in [5.74, 6) is -1.13. The Morgan fingerprint density at radius 1 is 1.03 bits per heavy atom. The number of hydrogen-bond donors (Lipinski definition) is 2. The van der Waals surface area contributed by atoms with Gasteiger partial charge in [-0.3, -0.25) is 10.1 Å². The summed E-state index contributed by atoms with van der Waals surface area (Å²) in [5.41, 5.74) is 0.841. The van der Waals surface area contributed by atoms with E-state index in [1.165, 1.54) is 0 Å². The monoisotopic (exact) mass is 489 g/mol. The summed E-state index contributed by atoms with van der Waals surface area (Å²) in [6.07, 6.45) is 1.22. The molecule has 1 saturated carbocycles. The summed E-state index contributed by atoms with van der Waals surface area (Å²) in [7, 11) is 0. The van der Waals surface area contributed by atoms with Crippen LogP contribution in [-0.4, -0.2) is 24.2 Å². The number of aryl methyl sites for hydroxylation is 1. The van der Waals surface area contributed by atoms with E-state index in [4.69, 9.17) is 0 Å². The van der Waals surface area contributed by atoms with E-state index < -0.39 is 36.0 Å². The molecule has 1 fully saturated rings. The molecule has 0 aliphatic heterocycles. The second kappa shape index (κ2) is 12.7. The molecule has 1 aliphatic carbocycles.